The van der Waals surface area contributed by atoms with E-state index in [-0.39, 0.29) is 24.6 Å². The first kappa shape index (κ1) is 14.7. The molecule has 0 bridgehead atoms. The molecule has 1 aromatic rings. The summed E-state index contributed by atoms with van der Waals surface area (Å²) in [6.07, 6.45) is 1.25. The zero-order chi connectivity index (χ0) is 13.4. The van der Waals surface area contributed by atoms with Crippen LogP contribution >= 0.6 is 0 Å². The molecule has 0 spiro atoms. The van der Waals surface area contributed by atoms with Crippen molar-refractivity contribution in [3.63, 3.8) is 0 Å². The molecule has 0 saturated heterocycles. The first-order chi connectivity index (χ1) is 8.47. The van der Waals surface area contributed by atoms with Crippen LogP contribution in [0, 0.1) is 0 Å². The Bertz CT molecular complexity index is 470. The van der Waals surface area contributed by atoms with Crippen molar-refractivity contribution in [2.45, 2.75) is 19.3 Å². The second-order valence-corrected chi connectivity index (χ2v) is 5.55. The van der Waals surface area contributed by atoms with E-state index in [4.69, 9.17) is 4.55 Å². The molecule has 1 rings (SSSR count). The lowest BCUT2D eigenvalue weighted by molar-refractivity contribution is -0.121. The van der Waals surface area contributed by atoms with E-state index < -0.39 is 10.1 Å². The van der Waals surface area contributed by atoms with Gasteiger partial charge in [0, 0.05) is 13.0 Å². The Kier molecular flexibility index (Phi) is 5.80. The Morgan fingerprint density at radius 2 is 1.89 bits per heavy atom. The van der Waals surface area contributed by atoms with Crippen LogP contribution in [0.25, 0.3) is 0 Å². The lowest BCUT2D eigenvalue weighted by Gasteiger charge is -2.04. The summed E-state index contributed by atoms with van der Waals surface area (Å²) in [5.41, 5.74) is 1.09. The Morgan fingerprint density at radius 1 is 1.22 bits per heavy atom. The van der Waals surface area contributed by atoms with Gasteiger partial charge < -0.3 is 5.32 Å². The highest BCUT2D eigenvalue weighted by Crippen LogP contribution is 2.01. The maximum atomic E-state index is 11.4. The fourth-order valence-electron chi connectivity index (χ4n) is 1.47. The van der Waals surface area contributed by atoms with Crippen molar-refractivity contribution >= 4 is 16.0 Å². The molecular formula is C12H17NO4S. The second kappa shape index (κ2) is 7.13. The van der Waals surface area contributed by atoms with E-state index in [1.807, 2.05) is 30.3 Å². The molecule has 0 aromatic heterocycles. The van der Waals surface area contributed by atoms with Crippen LogP contribution in [0.4, 0.5) is 0 Å². The molecule has 100 valence electrons. The van der Waals surface area contributed by atoms with E-state index in [1.54, 1.807) is 0 Å². The van der Waals surface area contributed by atoms with Crippen LogP contribution in [0.1, 0.15) is 18.4 Å². The van der Waals surface area contributed by atoms with Gasteiger partial charge in [0.05, 0.1) is 5.75 Å². The molecule has 1 aromatic carbocycles. The van der Waals surface area contributed by atoms with Gasteiger partial charge in [-0.3, -0.25) is 9.35 Å². The lowest BCUT2D eigenvalue weighted by Crippen LogP contribution is -2.26. The van der Waals surface area contributed by atoms with Crippen molar-refractivity contribution in [2.75, 3.05) is 12.3 Å². The number of carbonyl (C=O) groups excluding carboxylic acids is 1. The zero-order valence-electron chi connectivity index (χ0n) is 10.0. The topological polar surface area (TPSA) is 83.5 Å². The minimum absolute atomic E-state index is 0.116. The molecule has 0 atom stereocenters. The molecule has 0 fully saturated rings. The van der Waals surface area contributed by atoms with Gasteiger partial charge in [-0.15, -0.1) is 0 Å². The van der Waals surface area contributed by atoms with E-state index in [0.29, 0.717) is 12.8 Å². The summed E-state index contributed by atoms with van der Waals surface area (Å²) in [4.78, 5) is 11.4. The van der Waals surface area contributed by atoms with Crippen molar-refractivity contribution in [1.29, 1.82) is 0 Å². The van der Waals surface area contributed by atoms with Gasteiger partial charge in [-0.1, -0.05) is 30.3 Å². The first-order valence-corrected chi connectivity index (χ1v) is 7.34. The molecule has 0 unspecified atom stereocenters. The van der Waals surface area contributed by atoms with Crippen LogP contribution in [-0.2, 0) is 21.3 Å². The van der Waals surface area contributed by atoms with Crippen LogP contribution in [0.5, 0.6) is 0 Å². The molecule has 0 aliphatic rings. The van der Waals surface area contributed by atoms with E-state index >= 15 is 0 Å². The number of aryl methyl sites for hydroxylation is 1. The van der Waals surface area contributed by atoms with Crippen molar-refractivity contribution < 1.29 is 17.8 Å². The van der Waals surface area contributed by atoms with Crippen LogP contribution in [-0.4, -0.2) is 31.2 Å². The van der Waals surface area contributed by atoms with E-state index in [2.05, 4.69) is 5.32 Å². The van der Waals surface area contributed by atoms with Crippen molar-refractivity contribution in [2.24, 2.45) is 0 Å². The number of benzene rings is 1. The van der Waals surface area contributed by atoms with Gasteiger partial charge in [0.15, 0.2) is 0 Å². The molecule has 5 nitrogen and oxygen atoms in total. The monoisotopic (exact) mass is 271 g/mol. The highest BCUT2D eigenvalue weighted by Gasteiger charge is 2.05. The van der Waals surface area contributed by atoms with E-state index in [9.17, 15) is 13.2 Å². The van der Waals surface area contributed by atoms with Gasteiger partial charge in [0.2, 0.25) is 5.91 Å². The highest BCUT2D eigenvalue weighted by molar-refractivity contribution is 7.85. The Hall–Kier alpha value is -1.40. The fourth-order valence-corrected chi connectivity index (χ4v) is 1.98. The number of nitrogens with one attached hydrogen (secondary N) is 1. The lowest BCUT2D eigenvalue weighted by atomic mass is 10.1. The molecule has 0 heterocycles. The summed E-state index contributed by atoms with van der Waals surface area (Å²) in [5.74, 6) is -0.444. The van der Waals surface area contributed by atoms with Crippen molar-refractivity contribution in [3.05, 3.63) is 35.9 Å². The molecular weight excluding hydrogens is 254 g/mol. The fraction of sp³-hybridized carbons (Fsp3) is 0.417. The van der Waals surface area contributed by atoms with Gasteiger partial charge in [0.25, 0.3) is 10.1 Å². The van der Waals surface area contributed by atoms with Crippen molar-refractivity contribution in [3.8, 4) is 0 Å². The summed E-state index contributed by atoms with van der Waals surface area (Å²) in [5, 5.41) is 2.61. The molecule has 1 amide bonds. The maximum absolute atomic E-state index is 11.4. The van der Waals surface area contributed by atoms with E-state index in [1.165, 1.54) is 0 Å². The molecule has 0 aliphatic heterocycles. The first-order valence-electron chi connectivity index (χ1n) is 5.73. The number of amides is 1. The number of hydrogen-bond donors (Lipinski definition) is 2. The highest BCUT2D eigenvalue weighted by atomic mass is 32.2. The molecule has 0 radical (unpaired) electrons. The Morgan fingerprint density at radius 3 is 2.50 bits per heavy atom. The standard InChI is InChI=1S/C12H17NO4S/c14-12(13-9-4-10-18(15,16)17)8-7-11-5-2-1-3-6-11/h1-3,5-6H,4,7-10H2,(H,13,14)(H,15,16,17). The Balaban J connectivity index is 2.15. The van der Waals surface area contributed by atoms with Crippen LogP contribution in [0.2, 0.25) is 0 Å². The molecule has 0 aliphatic carbocycles. The summed E-state index contributed by atoms with van der Waals surface area (Å²) in [6.45, 7) is 0.257. The quantitative estimate of drug-likeness (QED) is 0.573. The number of rotatable bonds is 7. The second-order valence-electron chi connectivity index (χ2n) is 3.98. The summed E-state index contributed by atoms with van der Waals surface area (Å²) < 4.78 is 29.4. The van der Waals surface area contributed by atoms with Gasteiger partial charge >= 0.3 is 0 Å². The van der Waals surface area contributed by atoms with Crippen LogP contribution < -0.4 is 5.32 Å². The third-order valence-electron chi connectivity index (χ3n) is 2.38. The smallest absolute Gasteiger partial charge is 0.264 e. The summed E-state index contributed by atoms with van der Waals surface area (Å²) in [6, 6.07) is 9.65. The average molecular weight is 271 g/mol. The molecule has 0 saturated carbocycles. The summed E-state index contributed by atoms with van der Waals surface area (Å²) >= 11 is 0. The van der Waals surface area contributed by atoms with Gasteiger partial charge in [0.1, 0.15) is 0 Å². The predicted molar refractivity (Wildman–Crippen MR) is 68.8 cm³/mol. The largest absolute Gasteiger partial charge is 0.356 e. The maximum Gasteiger partial charge on any atom is 0.264 e. The minimum atomic E-state index is -3.93. The minimum Gasteiger partial charge on any atom is -0.356 e. The van der Waals surface area contributed by atoms with Crippen LogP contribution in [0.15, 0.2) is 30.3 Å². The Labute approximate surface area is 107 Å². The summed E-state index contributed by atoms with van der Waals surface area (Å²) in [7, 11) is -3.93. The van der Waals surface area contributed by atoms with Crippen LogP contribution in [0.3, 0.4) is 0 Å². The molecule has 2 N–H and O–H groups in total. The third kappa shape index (κ3) is 7.03. The number of carbonyl (C=O) groups is 1. The van der Waals surface area contributed by atoms with Crippen molar-refractivity contribution in [1.82, 2.24) is 5.32 Å². The SMILES string of the molecule is O=C(CCc1ccccc1)NCCCS(=O)(=O)O. The number of hydrogen-bond acceptors (Lipinski definition) is 3. The van der Waals surface area contributed by atoms with Gasteiger partial charge in [-0.05, 0) is 18.4 Å². The predicted octanol–water partition coefficient (Wildman–Crippen LogP) is 1.01. The van der Waals surface area contributed by atoms with Gasteiger partial charge in [-0.25, -0.2) is 0 Å². The van der Waals surface area contributed by atoms with E-state index in [0.717, 1.165) is 5.56 Å². The average Bonchev–Trinajstić information content (AvgIpc) is 2.32. The third-order valence-corrected chi connectivity index (χ3v) is 3.19. The molecule has 18 heavy (non-hydrogen) atoms. The molecule has 6 heteroatoms. The zero-order valence-corrected chi connectivity index (χ0v) is 10.8. The normalized spacial score (nSPS) is 11.2. The van der Waals surface area contributed by atoms with Gasteiger partial charge in [-0.2, -0.15) is 8.42 Å².